The molecule has 1 aromatic carbocycles. The van der Waals surface area contributed by atoms with E-state index in [9.17, 15) is 0 Å². The number of benzene rings is 1. The summed E-state index contributed by atoms with van der Waals surface area (Å²) in [5.74, 6) is 1.39. The molecule has 0 bridgehead atoms. The number of hydrogen-bond donors (Lipinski definition) is 0. The summed E-state index contributed by atoms with van der Waals surface area (Å²) in [6.45, 7) is 11.2. The predicted octanol–water partition coefficient (Wildman–Crippen LogP) is 4.06. The van der Waals surface area contributed by atoms with Crippen LogP contribution in [0.1, 0.15) is 43.4 Å². The Morgan fingerprint density at radius 2 is 1.54 bits per heavy atom. The zero-order valence-electron chi connectivity index (χ0n) is 9.39. The standard InChI is InChI=1S/C13H20/c1-9(2)12(5)13-7-6-10(3)11(4)8-13/h6-9,12H,1-5H3. The van der Waals surface area contributed by atoms with Crippen molar-refractivity contribution in [3.8, 4) is 0 Å². The molecule has 0 heterocycles. The van der Waals surface area contributed by atoms with Crippen molar-refractivity contribution in [2.75, 3.05) is 0 Å². The van der Waals surface area contributed by atoms with E-state index in [0.29, 0.717) is 5.92 Å². The number of rotatable bonds is 2. The molecule has 0 fully saturated rings. The molecule has 0 N–H and O–H groups in total. The molecule has 0 nitrogen and oxygen atoms in total. The fraction of sp³-hybridized carbons (Fsp3) is 0.538. The molecule has 0 aromatic heterocycles. The second kappa shape index (κ2) is 3.95. The van der Waals surface area contributed by atoms with Crippen molar-refractivity contribution >= 4 is 0 Å². The third-order valence-electron chi connectivity index (χ3n) is 3.06. The van der Waals surface area contributed by atoms with Crippen molar-refractivity contribution in [2.24, 2.45) is 5.92 Å². The molecule has 0 spiro atoms. The largest absolute Gasteiger partial charge is 0.0622 e. The lowest BCUT2D eigenvalue weighted by atomic mass is 9.89. The molecular weight excluding hydrogens is 156 g/mol. The van der Waals surface area contributed by atoms with Crippen LogP contribution in [0.4, 0.5) is 0 Å². The van der Waals surface area contributed by atoms with Crippen molar-refractivity contribution < 1.29 is 0 Å². The lowest BCUT2D eigenvalue weighted by Gasteiger charge is -2.17. The van der Waals surface area contributed by atoms with E-state index in [4.69, 9.17) is 0 Å². The third-order valence-corrected chi connectivity index (χ3v) is 3.06. The van der Waals surface area contributed by atoms with Gasteiger partial charge in [0.15, 0.2) is 0 Å². The molecule has 0 saturated carbocycles. The Bertz CT molecular complexity index is 284. The van der Waals surface area contributed by atoms with Crippen LogP contribution in [0.25, 0.3) is 0 Å². The Labute approximate surface area is 82.0 Å². The molecule has 0 radical (unpaired) electrons. The quantitative estimate of drug-likeness (QED) is 0.637. The third kappa shape index (κ3) is 2.33. The van der Waals surface area contributed by atoms with Crippen molar-refractivity contribution in [2.45, 2.75) is 40.5 Å². The average molecular weight is 176 g/mol. The van der Waals surface area contributed by atoms with E-state index in [2.05, 4.69) is 52.8 Å². The van der Waals surface area contributed by atoms with Crippen LogP contribution in [-0.2, 0) is 0 Å². The molecule has 1 unspecified atom stereocenters. The van der Waals surface area contributed by atoms with Gasteiger partial charge in [0.05, 0.1) is 0 Å². The van der Waals surface area contributed by atoms with E-state index in [1.807, 2.05) is 0 Å². The van der Waals surface area contributed by atoms with Crippen molar-refractivity contribution in [3.05, 3.63) is 34.9 Å². The van der Waals surface area contributed by atoms with Gasteiger partial charge >= 0.3 is 0 Å². The van der Waals surface area contributed by atoms with E-state index in [-0.39, 0.29) is 0 Å². The normalized spacial score (nSPS) is 13.4. The van der Waals surface area contributed by atoms with Gasteiger partial charge in [-0.15, -0.1) is 0 Å². The fourth-order valence-electron chi connectivity index (χ4n) is 1.43. The van der Waals surface area contributed by atoms with Gasteiger partial charge in [-0.2, -0.15) is 0 Å². The summed E-state index contributed by atoms with van der Waals surface area (Å²) < 4.78 is 0. The Kier molecular flexibility index (Phi) is 3.13. The lowest BCUT2D eigenvalue weighted by Crippen LogP contribution is -2.02. The average Bonchev–Trinajstić information content (AvgIpc) is 2.08. The second-order valence-corrected chi connectivity index (χ2v) is 4.38. The minimum absolute atomic E-state index is 0.666. The first-order chi connectivity index (χ1) is 6.02. The van der Waals surface area contributed by atoms with Crippen LogP contribution in [0.3, 0.4) is 0 Å². The Morgan fingerprint density at radius 3 is 2.00 bits per heavy atom. The smallest absolute Gasteiger partial charge is 0.0167 e. The molecule has 0 aliphatic carbocycles. The SMILES string of the molecule is Cc1ccc(C(C)C(C)C)cc1C. The zero-order valence-corrected chi connectivity index (χ0v) is 9.39. The number of hydrogen-bond acceptors (Lipinski definition) is 0. The summed E-state index contributed by atoms with van der Waals surface area (Å²) in [5.41, 5.74) is 4.27. The molecular formula is C13H20. The van der Waals surface area contributed by atoms with Gasteiger partial charge in [0.25, 0.3) is 0 Å². The summed E-state index contributed by atoms with van der Waals surface area (Å²) in [6.07, 6.45) is 0. The van der Waals surface area contributed by atoms with Gasteiger partial charge in [0.1, 0.15) is 0 Å². The molecule has 1 atom stereocenters. The second-order valence-electron chi connectivity index (χ2n) is 4.38. The zero-order chi connectivity index (χ0) is 10.0. The van der Waals surface area contributed by atoms with Crippen molar-refractivity contribution in [3.63, 3.8) is 0 Å². The van der Waals surface area contributed by atoms with Crippen LogP contribution in [-0.4, -0.2) is 0 Å². The summed E-state index contributed by atoms with van der Waals surface area (Å²) in [4.78, 5) is 0. The van der Waals surface area contributed by atoms with E-state index < -0.39 is 0 Å². The summed E-state index contributed by atoms with van der Waals surface area (Å²) in [5, 5.41) is 0. The molecule has 0 aliphatic heterocycles. The monoisotopic (exact) mass is 176 g/mol. The van der Waals surface area contributed by atoms with Crippen LogP contribution in [0.2, 0.25) is 0 Å². The molecule has 0 aliphatic rings. The van der Waals surface area contributed by atoms with Gasteiger partial charge in [-0.1, -0.05) is 39.0 Å². The Hall–Kier alpha value is -0.780. The molecule has 1 rings (SSSR count). The highest BCUT2D eigenvalue weighted by Crippen LogP contribution is 2.24. The van der Waals surface area contributed by atoms with E-state index >= 15 is 0 Å². The van der Waals surface area contributed by atoms with Gasteiger partial charge in [0.2, 0.25) is 0 Å². The van der Waals surface area contributed by atoms with Gasteiger partial charge in [0, 0.05) is 0 Å². The minimum Gasteiger partial charge on any atom is -0.0622 e. The van der Waals surface area contributed by atoms with Crippen LogP contribution < -0.4 is 0 Å². The summed E-state index contributed by atoms with van der Waals surface area (Å²) >= 11 is 0. The first kappa shape index (κ1) is 10.3. The van der Waals surface area contributed by atoms with E-state index in [1.165, 1.54) is 16.7 Å². The van der Waals surface area contributed by atoms with E-state index in [0.717, 1.165) is 5.92 Å². The van der Waals surface area contributed by atoms with Gasteiger partial charge < -0.3 is 0 Å². The van der Waals surface area contributed by atoms with Crippen LogP contribution in [0.5, 0.6) is 0 Å². The van der Waals surface area contributed by atoms with E-state index in [1.54, 1.807) is 0 Å². The first-order valence-electron chi connectivity index (χ1n) is 5.09. The molecule has 13 heavy (non-hydrogen) atoms. The number of aryl methyl sites for hydroxylation is 2. The predicted molar refractivity (Wildman–Crippen MR) is 59.2 cm³/mol. The topological polar surface area (TPSA) is 0 Å². The summed E-state index contributed by atoms with van der Waals surface area (Å²) in [6, 6.07) is 6.80. The molecule has 0 amide bonds. The fourth-order valence-corrected chi connectivity index (χ4v) is 1.43. The van der Waals surface area contributed by atoms with Crippen LogP contribution in [0.15, 0.2) is 18.2 Å². The maximum absolute atomic E-state index is 2.32. The molecule has 72 valence electrons. The molecule has 1 aromatic rings. The van der Waals surface area contributed by atoms with Crippen molar-refractivity contribution in [1.82, 2.24) is 0 Å². The molecule has 0 saturated heterocycles. The van der Waals surface area contributed by atoms with Crippen LogP contribution >= 0.6 is 0 Å². The highest BCUT2D eigenvalue weighted by molar-refractivity contribution is 5.31. The Morgan fingerprint density at radius 1 is 0.923 bits per heavy atom. The summed E-state index contributed by atoms with van der Waals surface area (Å²) in [7, 11) is 0. The maximum atomic E-state index is 2.32. The lowest BCUT2D eigenvalue weighted by molar-refractivity contribution is 0.535. The van der Waals surface area contributed by atoms with Gasteiger partial charge in [-0.05, 0) is 42.4 Å². The minimum atomic E-state index is 0.666. The first-order valence-corrected chi connectivity index (χ1v) is 5.09. The highest BCUT2D eigenvalue weighted by Gasteiger charge is 2.09. The van der Waals surface area contributed by atoms with Gasteiger partial charge in [-0.3, -0.25) is 0 Å². The van der Waals surface area contributed by atoms with Crippen molar-refractivity contribution in [1.29, 1.82) is 0 Å². The maximum Gasteiger partial charge on any atom is -0.0167 e. The Balaban J connectivity index is 2.97. The molecule has 0 heteroatoms. The highest BCUT2D eigenvalue weighted by atomic mass is 14.1. The van der Waals surface area contributed by atoms with Crippen LogP contribution in [0, 0.1) is 19.8 Å². The van der Waals surface area contributed by atoms with Gasteiger partial charge in [-0.25, -0.2) is 0 Å².